The maximum atomic E-state index is 13.8. The average Bonchev–Trinajstić information content (AvgIpc) is 3.17. The van der Waals surface area contributed by atoms with Crippen LogP contribution >= 0.6 is 22.9 Å². The Hall–Kier alpha value is -3.80. The van der Waals surface area contributed by atoms with Crippen molar-refractivity contribution in [1.82, 2.24) is 4.57 Å². The fraction of sp³-hybridized carbons (Fsp3) is 0.222. The van der Waals surface area contributed by atoms with Crippen LogP contribution in [0.25, 0.3) is 6.08 Å². The molecular formula is C27H23ClN2O5S. The smallest absolute Gasteiger partial charge is 0.338 e. The highest BCUT2D eigenvalue weighted by Crippen LogP contribution is 2.35. The fourth-order valence-electron chi connectivity index (χ4n) is 4.00. The summed E-state index contributed by atoms with van der Waals surface area (Å²) in [7, 11) is 1.53. The van der Waals surface area contributed by atoms with Crippen molar-refractivity contribution < 1.29 is 19.0 Å². The molecule has 7 nitrogen and oxygen atoms in total. The summed E-state index contributed by atoms with van der Waals surface area (Å²) in [6.45, 7) is 3.67. The van der Waals surface area contributed by atoms with Gasteiger partial charge in [0, 0.05) is 10.6 Å². The van der Waals surface area contributed by atoms with E-state index >= 15 is 0 Å². The zero-order valence-corrected chi connectivity index (χ0v) is 21.5. The first-order chi connectivity index (χ1) is 17.4. The highest BCUT2D eigenvalue weighted by atomic mass is 35.5. The predicted octanol–water partition coefficient (Wildman–Crippen LogP) is 3.47. The molecule has 2 heterocycles. The van der Waals surface area contributed by atoms with Crippen LogP contribution in [0.1, 0.15) is 31.0 Å². The molecule has 0 amide bonds. The average molecular weight is 523 g/mol. The van der Waals surface area contributed by atoms with Crippen molar-refractivity contribution in [2.24, 2.45) is 4.99 Å². The SMILES string of the molecule is C#CCOc1c(/C=c2\sc3n(c2=O)[C@@H](c2ccccc2Cl)C(C(=O)OCC)=C(C)N=3)cccc1OC. The third kappa shape index (κ3) is 4.68. The summed E-state index contributed by atoms with van der Waals surface area (Å²) in [6, 6.07) is 11.6. The summed E-state index contributed by atoms with van der Waals surface area (Å²) in [6.07, 6.45) is 7.07. The Morgan fingerprint density at radius 2 is 2.06 bits per heavy atom. The number of fused-ring (bicyclic) bond motifs is 1. The second-order valence-electron chi connectivity index (χ2n) is 7.70. The molecule has 1 aromatic heterocycles. The van der Waals surface area contributed by atoms with Crippen LogP contribution < -0.4 is 24.4 Å². The van der Waals surface area contributed by atoms with Crippen molar-refractivity contribution in [1.29, 1.82) is 0 Å². The van der Waals surface area contributed by atoms with Gasteiger partial charge < -0.3 is 14.2 Å². The van der Waals surface area contributed by atoms with Crippen molar-refractivity contribution in [3.05, 3.63) is 89.6 Å². The van der Waals surface area contributed by atoms with Crippen LogP contribution in [-0.2, 0) is 9.53 Å². The Morgan fingerprint density at radius 1 is 1.28 bits per heavy atom. The van der Waals surface area contributed by atoms with Gasteiger partial charge in [0.1, 0.15) is 12.6 Å². The van der Waals surface area contributed by atoms with Crippen LogP contribution in [0.2, 0.25) is 5.02 Å². The Kier molecular flexibility index (Phi) is 7.63. The lowest BCUT2D eigenvalue weighted by atomic mass is 9.96. The fourth-order valence-corrected chi connectivity index (χ4v) is 5.28. The summed E-state index contributed by atoms with van der Waals surface area (Å²) in [5.74, 6) is 2.81. The van der Waals surface area contributed by atoms with Gasteiger partial charge in [-0.05, 0) is 37.6 Å². The zero-order chi connectivity index (χ0) is 25.8. The minimum Gasteiger partial charge on any atom is -0.493 e. The molecule has 0 unspecified atom stereocenters. The van der Waals surface area contributed by atoms with Crippen LogP contribution in [0.3, 0.4) is 0 Å². The third-order valence-corrected chi connectivity index (χ3v) is 6.86. The first-order valence-corrected chi connectivity index (χ1v) is 12.3. The van der Waals surface area contributed by atoms with Gasteiger partial charge in [-0.2, -0.15) is 0 Å². The molecule has 3 aromatic rings. The third-order valence-electron chi connectivity index (χ3n) is 5.53. The second kappa shape index (κ2) is 10.9. The van der Waals surface area contributed by atoms with Gasteiger partial charge in [-0.25, -0.2) is 9.79 Å². The number of para-hydroxylation sites is 1. The van der Waals surface area contributed by atoms with E-state index in [2.05, 4.69) is 10.9 Å². The number of benzene rings is 2. The number of esters is 1. The van der Waals surface area contributed by atoms with Gasteiger partial charge in [0.25, 0.3) is 5.56 Å². The van der Waals surface area contributed by atoms with Gasteiger partial charge in [-0.15, -0.1) is 6.42 Å². The molecule has 0 fully saturated rings. The Labute approximate surface area is 216 Å². The number of ether oxygens (including phenoxy) is 3. The van der Waals surface area contributed by atoms with E-state index in [1.54, 1.807) is 62.4 Å². The summed E-state index contributed by atoms with van der Waals surface area (Å²) >= 11 is 7.74. The van der Waals surface area contributed by atoms with Gasteiger partial charge in [0.05, 0.1) is 29.5 Å². The summed E-state index contributed by atoms with van der Waals surface area (Å²) in [5.41, 5.74) is 1.62. The number of hydrogen-bond donors (Lipinski definition) is 0. The molecule has 0 N–H and O–H groups in total. The number of carbonyl (C=O) groups excluding carboxylic acids is 1. The van der Waals surface area contributed by atoms with Gasteiger partial charge in [0.2, 0.25) is 0 Å². The molecule has 0 saturated carbocycles. The molecule has 0 radical (unpaired) electrons. The minimum atomic E-state index is -0.793. The van der Waals surface area contributed by atoms with Gasteiger partial charge in [-0.1, -0.05) is 59.2 Å². The van der Waals surface area contributed by atoms with Gasteiger partial charge in [0.15, 0.2) is 16.3 Å². The van der Waals surface area contributed by atoms with E-state index in [1.807, 2.05) is 0 Å². The lowest BCUT2D eigenvalue weighted by Crippen LogP contribution is -2.40. The molecule has 9 heteroatoms. The zero-order valence-electron chi connectivity index (χ0n) is 19.9. The summed E-state index contributed by atoms with van der Waals surface area (Å²) in [4.78, 5) is 31.8. The molecule has 4 rings (SSSR count). The van der Waals surface area contributed by atoms with Crippen LogP contribution in [0.4, 0.5) is 0 Å². The quantitative estimate of drug-likeness (QED) is 0.351. The molecule has 0 spiro atoms. The number of halogens is 1. The number of carbonyl (C=O) groups is 1. The van der Waals surface area contributed by atoms with Crippen LogP contribution in [0.5, 0.6) is 11.5 Å². The topological polar surface area (TPSA) is 79.1 Å². The van der Waals surface area contributed by atoms with E-state index in [0.717, 1.165) is 0 Å². The van der Waals surface area contributed by atoms with Gasteiger partial charge in [-0.3, -0.25) is 9.36 Å². The van der Waals surface area contributed by atoms with Crippen molar-refractivity contribution in [2.75, 3.05) is 20.3 Å². The Balaban J connectivity index is 1.97. The number of methoxy groups -OCH3 is 1. The summed E-state index contributed by atoms with van der Waals surface area (Å²) in [5, 5.41) is 0.423. The van der Waals surface area contributed by atoms with E-state index in [-0.39, 0.29) is 24.3 Å². The first kappa shape index (κ1) is 25.3. The van der Waals surface area contributed by atoms with E-state index in [9.17, 15) is 9.59 Å². The largest absolute Gasteiger partial charge is 0.493 e. The number of terminal acetylenes is 1. The molecule has 36 heavy (non-hydrogen) atoms. The van der Waals surface area contributed by atoms with E-state index in [1.165, 1.54) is 23.0 Å². The molecular weight excluding hydrogens is 500 g/mol. The highest BCUT2D eigenvalue weighted by molar-refractivity contribution is 7.07. The number of aromatic nitrogens is 1. The summed E-state index contributed by atoms with van der Waals surface area (Å²) < 4.78 is 18.3. The molecule has 2 aromatic carbocycles. The monoisotopic (exact) mass is 522 g/mol. The molecule has 1 atom stereocenters. The molecule has 0 saturated heterocycles. The number of rotatable bonds is 7. The second-order valence-corrected chi connectivity index (χ2v) is 9.11. The van der Waals surface area contributed by atoms with Gasteiger partial charge >= 0.3 is 5.97 Å². The normalized spacial score (nSPS) is 15.1. The number of thiazole rings is 1. The van der Waals surface area contributed by atoms with Crippen LogP contribution in [-0.4, -0.2) is 30.9 Å². The van der Waals surface area contributed by atoms with E-state index < -0.39 is 12.0 Å². The highest BCUT2D eigenvalue weighted by Gasteiger charge is 2.34. The maximum absolute atomic E-state index is 13.8. The Morgan fingerprint density at radius 3 is 2.75 bits per heavy atom. The lowest BCUT2D eigenvalue weighted by Gasteiger charge is -2.25. The van der Waals surface area contributed by atoms with Crippen molar-refractivity contribution in [3.63, 3.8) is 0 Å². The number of hydrogen-bond acceptors (Lipinski definition) is 7. The molecule has 184 valence electrons. The van der Waals surface area contributed by atoms with E-state index in [0.29, 0.717) is 42.7 Å². The van der Waals surface area contributed by atoms with E-state index in [4.69, 9.17) is 32.2 Å². The predicted molar refractivity (Wildman–Crippen MR) is 139 cm³/mol. The first-order valence-electron chi connectivity index (χ1n) is 11.1. The molecule has 1 aliphatic rings. The van der Waals surface area contributed by atoms with Crippen molar-refractivity contribution in [2.45, 2.75) is 19.9 Å². The molecule has 0 aliphatic carbocycles. The standard InChI is InChI=1S/C27H23ClN2O5S/c1-5-14-35-24-17(10-9-13-20(24)33-4)15-21-25(31)30-23(18-11-7-8-12-19(18)28)22(26(32)34-6-2)16(3)29-27(30)36-21/h1,7-13,15,23H,6,14H2,2-4H3/b21-15-/t23-/m0/s1. The number of nitrogens with zero attached hydrogens (tertiary/aromatic N) is 2. The van der Waals surface area contributed by atoms with Crippen LogP contribution in [0.15, 0.2) is 63.5 Å². The molecule has 1 aliphatic heterocycles. The maximum Gasteiger partial charge on any atom is 0.338 e. The Bertz CT molecular complexity index is 1580. The lowest BCUT2D eigenvalue weighted by molar-refractivity contribution is -0.139. The van der Waals surface area contributed by atoms with Crippen molar-refractivity contribution in [3.8, 4) is 23.8 Å². The molecule has 0 bridgehead atoms. The van der Waals surface area contributed by atoms with Crippen molar-refractivity contribution >= 4 is 35.0 Å². The number of allylic oxidation sites excluding steroid dienone is 1. The van der Waals surface area contributed by atoms with Crippen LogP contribution in [0, 0.1) is 12.3 Å². The minimum absolute atomic E-state index is 0.0388.